The molecule has 1 heterocycles. The second-order valence-electron chi connectivity index (χ2n) is 6.20. The molecule has 0 atom stereocenters. The normalized spacial score (nSPS) is 16.2. The van der Waals surface area contributed by atoms with E-state index in [0.717, 1.165) is 6.07 Å². The van der Waals surface area contributed by atoms with E-state index in [4.69, 9.17) is 11.6 Å². The summed E-state index contributed by atoms with van der Waals surface area (Å²) in [6, 6.07) is 11.8. The van der Waals surface area contributed by atoms with Crippen molar-refractivity contribution in [3.63, 3.8) is 0 Å². The summed E-state index contributed by atoms with van der Waals surface area (Å²) in [4.78, 5) is 14.0. The molecule has 0 aliphatic carbocycles. The van der Waals surface area contributed by atoms with E-state index < -0.39 is 15.8 Å². The third kappa shape index (κ3) is 5.04. The lowest BCUT2D eigenvalue weighted by molar-refractivity contribution is -0.117. The standard InChI is InChI=1S/C18H19ClFN3O3S/c19-14-3-1-5-16(11-14)21-18(24)13-22-7-9-23(10-8-22)27(25,26)17-6-2-4-15(20)12-17/h1-6,11-12H,7-10,13H2,(H,21,24). The monoisotopic (exact) mass is 411 g/mol. The van der Waals surface area contributed by atoms with Gasteiger partial charge in [-0.2, -0.15) is 4.31 Å². The Bertz CT molecular complexity index is 931. The second kappa shape index (κ2) is 8.35. The Morgan fingerprint density at radius 3 is 2.44 bits per heavy atom. The van der Waals surface area contributed by atoms with Crippen LogP contribution in [-0.4, -0.2) is 56.3 Å². The van der Waals surface area contributed by atoms with Crippen molar-refractivity contribution in [3.8, 4) is 0 Å². The Labute approximate surface area is 162 Å². The molecule has 0 saturated carbocycles. The highest BCUT2D eigenvalue weighted by molar-refractivity contribution is 7.89. The molecule has 1 saturated heterocycles. The van der Waals surface area contributed by atoms with E-state index in [-0.39, 0.29) is 30.4 Å². The maximum absolute atomic E-state index is 13.3. The van der Waals surface area contributed by atoms with Crippen LogP contribution in [0.15, 0.2) is 53.4 Å². The van der Waals surface area contributed by atoms with Gasteiger partial charge in [0, 0.05) is 36.9 Å². The molecule has 0 radical (unpaired) electrons. The van der Waals surface area contributed by atoms with Crippen LogP contribution in [0.4, 0.5) is 10.1 Å². The number of nitrogens with one attached hydrogen (secondary N) is 1. The first kappa shape index (κ1) is 19.8. The number of nitrogens with zero attached hydrogens (tertiary/aromatic N) is 2. The van der Waals surface area contributed by atoms with E-state index in [0.29, 0.717) is 23.8 Å². The minimum atomic E-state index is -3.74. The van der Waals surface area contributed by atoms with Crippen LogP contribution in [-0.2, 0) is 14.8 Å². The summed E-state index contributed by atoms with van der Waals surface area (Å²) in [7, 11) is -3.74. The lowest BCUT2D eigenvalue weighted by Crippen LogP contribution is -2.50. The minimum absolute atomic E-state index is 0.0605. The Kier molecular flexibility index (Phi) is 6.11. The zero-order valence-electron chi connectivity index (χ0n) is 14.4. The smallest absolute Gasteiger partial charge is 0.243 e. The van der Waals surface area contributed by atoms with Crippen LogP contribution in [0.1, 0.15) is 0 Å². The molecule has 1 aliphatic heterocycles. The van der Waals surface area contributed by atoms with Gasteiger partial charge in [0.2, 0.25) is 15.9 Å². The van der Waals surface area contributed by atoms with Gasteiger partial charge in [-0.3, -0.25) is 9.69 Å². The molecule has 0 unspecified atom stereocenters. The van der Waals surface area contributed by atoms with Crippen LogP contribution in [0.2, 0.25) is 5.02 Å². The number of halogens is 2. The number of sulfonamides is 1. The Balaban J connectivity index is 1.55. The number of rotatable bonds is 5. The van der Waals surface area contributed by atoms with E-state index in [1.54, 1.807) is 24.3 Å². The number of hydrogen-bond acceptors (Lipinski definition) is 4. The van der Waals surface area contributed by atoms with Gasteiger partial charge in [0.25, 0.3) is 0 Å². The topological polar surface area (TPSA) is 69.7 Å². The quantitative estimate of drug-likeness (QED) is 0.820. The van der Waals surface area contributed by atoms with Crippen LogP contribution in [0.5, 0.6) is 0 Å². The van der Waals surface area contributed by atoms with E-state index in [9.17, 15) is 17.6 Å². The van der Waals surface area contributed by atoms with Gasteiger partial charge >= 0.3 is 0 Å². The maximum atomic E-state index is 13.3. The number of amides is 1. The number of benzene rings is 2. The molecule has 1 fully saturated rings. The average Bonchev–Trinajstić information content (AvgIpc) is 2.62. The van der Waals surface area contributed by atoms with Crippen LogP contribution in [0.3, 0.4) is 0 Å². The second-order valence-corrected chi connectivity index (χ2v) is 8.57. The zero-order chi connectivity index (χ0) is 19.4. The number of carbonyl (C=O) groups excluding carboxylic acids is 1. The Hall–Kier alpha value is -2.00. The predicted octanol–water partition coefficient (Wildman–Crippen LogP) is 2.42. The number of hydrogen-bond donors (Lipinski definition) is 1. The first-order valence-corrected chi connectivity index (χ1v) is 10.2. The molecule has 1 aliphatic rings. The highest BCUT2D eigenvalue weighted by Gasteiger charge is 2.29. The molecule has 0 bridgehead atoms. The summed E-state index contributed by atoms with van der Waals surface area (Å²) in [6.45, 7) is 1.46. The largest absolute Gasteiger partial charge is 0.325 e. The first-order chi connectivity index (χ1) is 12.8. The van der Waals surface area contributed by atoms with Gasteiger partial charge in [0.05, 0.1) is 11.4 Å². The summed E-state index contributed by atoms with van der Waals surface area (Å²) in [5.41, 5.74) is 0.611. The van der Waals surface area contributed by atoms with Crippen LogP contribution >= 0.6 is 11.6 Å². The van der Waals surface area contributed by atoms with E-state index >= 15 is 0 Å². The van der Waals surface area contributed by atoms with Crippen molar-refractivity contribution in [3.05, 3.63) is 59.4 Å². The molecule has 3 rings (SSSR count). The fraction of sp³-hybridized carbons (Fsp3) is 0.278. The number of anilines is 1. The molecule has 9 heteroatoms. The summed E-state index contributed by atoms with van der Waals surface area (Å²) < 4.78 is 39.8. The maximum Gasteiger partial charge on any atom is 0.243 e. The molecule has 0 aromatic heterocycles. The third-order valence-electron chi connectivity index (χ3n) is 4.24. The lowest BCUT2D eigenvalue weighted by Gasteiger charge is -2.33. The van der Waals surface area contributed by atoms with Crippen LogP contribution in [0.25, 0.3) is 0 Å². The average molecular weight is 412 g/mol. The van der Waals surface area contributed by atoms with E-state index in [1.807, 2.05) is 4.90 Å². The molecule has 6 nitrogen and oxygen atoms in total. The van der Waals surface area contributed by atoms with Crippen molar-refractivity contribution in [1.82, 2.24) is 9.21 Å². The molecule has 2 aromatic rings. The molecule has 27 heavy (non-hydrogen) atoms. The molecule has 144 valence electrons. The summed E-state index contributed by atoms with van der Waals surface area (Å²) in [5.74, 6) is -0.786. The van der Waals surface area contributed by atoms with Crippen molar-refractivity contribution >= 4 is 33.2 Å². The van der Waals surface area contributed by atoms with Crippen LogP contribution < -0.4 is 5.32 Å². The van der Waals surface area contributed by atoms with E-state index in [1.165, 1.54) is 22.5 Å². The van der Waals surface area contributed by atoms with Gasteiger partial charge in [-0.25, -0.2) is 12.8 Å². The molecule has 0 spiro atoms. The van der Waals surface area contributed by atoms with Crippen molar-refractivity contribution in [2.45, 2.75) is 4.90 Å². The highest BCUT2D eigenvalue weighted by atomic mass is 35.5. The molecule has 1 N–H and O–H groups in total. The predicted molar refractivity (Wildman–Crippen MR) is 102 cm³/mol. The van der Waals surface area contributed by atoms with Crippen molar-refractivity contribution in [2.75, 3.05) is 38.0 Å². The van der Waals surface area contributed by atoms with E-state index in [2.05, 4.69) is 5.32 Å². The zero-order valence-corrected chi connectivity index (χ0v) is 16.0. The van der Waals surface area contributed by atoms with Gasteiger partial charge in [0.1, 0.15) is 5.82 Å². The minimum Gasteiger partial charge on any atom is -0.325 e. The molecular weight excluding hydrogens is 393 g/mol. The molecule has 2 aromatic carbocycles. The van der Waals surface area contributed by atoms with Gasteiger partial charge in [0.15, 0.2) is 0 Å². The summed E-state index contributed by atoms with van der Waals surface area (Å²) >= 11 is 5.89. The van der Waals surface area contributed by atoms with Gasteiger partial charge in [-0.15, -0.1) is 0 Å². The molecular formula is C18H19ClFN3O3S. The van der Waals surface area contributed by atoms with Crippen molar-refractivity contribution < 1.29 is 17.6 Å². The van der Waals surface area contributed by atoms with Gasteiger partial charge in [-0.05, 0) is 36.4 Å². The first-order valence-electron chi connectivity index (χ1n) is 8.38. The Morgan fingerprint density at radius 1 is 1.07 bits per heavy atom. The number of piperazine rings is 1. The fourth-order valence-corrected chi connectivity index (χ4v) is 4.52. The SMILES string of the molecule is O=C(CN1CCN(S(=O)(=O)c2cccc(F)c2)CC1)Nc1cccc(Cl)c1. The van der Waals surface area contributed by atoms with Crippen LogP contribution in [0, 0.1) is 5.82 Å². The van der Waals surface area contributed by atoms with Gasteiger partial charge in [-0.1, -0.05) is 23.7 Å². The fourth-order valence-electron chi connectivity index (χ4n) is 2.87. The summed E-state index contributed by atoms with van der Waals surface area (Å²) in [6.07, 6.45) is 0. The molecule has 1 amide bonds. The van der Waals surface area contributed by atoms with Crippen molar-refractivity contribution in [1.29, 1.82) is 0 Å². The highest BCUT2D eigenvalue weighted by Crippen LogP contribution is 2.19. The van der Waals surface area contributed by atoms with Crippen molar-refractivity contribution in [2.24, 2.45) is 0 Å². The third-order valence-corrected chi connectivity index (χ3v) is 6.37. The summed E-state index contributed by atoms with van der Waals surface area (Å²) in [5, 5.41) is 3.30. The number of carbonyl (C=O) groups is 1. The Morgan fingerprint density at radius 2 is 1.78 bits per heavy atom. The lowest BCUT2D eigenvalue weighted by atomic mass is 10.3. The van der Waals surface area contributed by atoms with Gasteiger partial charge < -0.3 is 5.32 Å².